The molecule has 0 aliphatic rings. The van der Waals surface area contributed by atoms with Crippen LogP contribution in [0, 0.1) is 5.82 Å². The second-order valence-corrected chi connectivity index (χ2v) is 7.77. The summed E-state index contributed by atoms with van der Waals surface area (Å²) in [4.78, 5) is 12.6. The molecule has 0 fully saturated rings. The summed E-state index contributed by atoms with van der Waals surface area (Å²) in [6.07, 6.45) is 3.29. The Morgan fingerprint density at radius 1 is 1.10 bits per heavy atom. The minimum Gasteiger partial charge on any atom is -0.470 e. The van der Waals surface area contributed by atoms with Gasteiger partial charge in [0.25, 0.3) is 5.91 Å². The first-order chi connectivity index (χ1) is 15.0. The second kappa shape index (κ2) is 9.32. The third-order valence-electron chi connectivity index (χ3n) is 4.30. The van der Waals surface area contributed by atoms with Gasteiger partial charge < -0.3 is 10.1 Å². The van der Waals surface area contributed by atoms with Crippen LogP contribution in [0.15, 0.2) is 71.5 Å². The van der Waals surface area contributed by atoms with Crippen molar-refractivity contribution in [2.75, 3.05) is 5.32 Å². The fourth-order valence-corrected chi connectivity index (χ4v) is 3.39. The molecule has 2 heterocycles. The first-order valence-electron chi connectivity index (χ1n) is 9.18. The normalized spacial score (nSPS) is 10.8. The lowest BCUT2D eigenvalue weighted by molar-refractivity contribution is 0.101. The molecule has 2 aromatic heterocycles. The number of hydrogen-bond donors (Lipinski definition) is 1. The minimum absolute atomic E-state index is 0.0952. The van der Waals surface area contributed by atoms with Gasteiger partial charge in [-0.15, -0.1) is 0 Å². The van der Waals surface area contributed by atoms with Gasteiger partial charge in [0.2, 0.25) is 0 Å². The molecule has 0 unspecified atom stereocenters. The average molecular weight is 505 g/mol. The van der Waals surface area contributed by atoms with Gasteiger partial charge in [0, 0.05) is 18.0 Å². The zero-order valence-electron chi connectivity index (χ0n) is 16.0. The highest BCUT2D eigenvalue weighted by molar-refractivity contribution is 9.10. The fourth-order valence-electron chi connectivity index (χ4n) is 2.79. The van der Waals surface area contributed by atoms with Crippen LogP contribution in [0.1, 0.15) is 16.1 Å². The summed E-state index contributed by atoms with van der Waals surface area (Å²) in [7, 11) is 0. The van der Waals surface area contributed by atoms with Gasteiger partial charge in [-0.25, -0.2) is 9.07 Å². The van der Waals surface area contributed by atoms with Crippen molar-refractivity contribution in [2.45, 2.75) is 13.3 Å². The van der Waals surface area contributed by atoms with Crippen LogP contribution in [-0.4, -0.2) is 25.5 Å². The van der Waals surface area contributed by atoms with E-state index in [0.29, 0.717) is 26.6 Å². The minimum atomic E-state index is -0.437. The zero-order valence-corrected chi connectivity index (χ0v) is 18.3. The Morgan fingerprint density at radius 2 is 1.87 bits per heavy atom. The maximum absolute atomic E-state index is 13.9. The molecule has 0 saturated heterocycles. The number of ether oxygens (including phenoxy) is 1. The van der Waals surface area contributed by atoms with E-state index >= 15 is 0 Å². The molecular weight excluding hydrogens is 489 g/mol. The lowest BCUT2D eigenvalue weighted by atomic mass is 10.2. The van der Waals surface area contributed by atoms with Gasteiger partial charge in [-0.2, -0.15) is 10.2 Å². The van der Waals surface area contributed by atoms with Crippen LogP contribution in [0.4, 0.5) is 10.2 Å². The number of halogens is 3. The molecule has 4 rings (SSSR count). The summed E-state index contributed by atoms with van der Waals surface area (Å²) in [6.45, 7) is 0.327. The Morgan fingerprint density at radius 3 is 2.68 bits per heavy atom. The summed E-state index contributed by atoms with van der Waals surface area (Å²) >= 11 is 9.42. The van der Waals surface area contributed by atoms with E-state index in [1.807, 2.05) is 6.07 Å². The molecule has 0 saturated carbocycles. The number of anilines is 1. The second-order valence-electron chi connectivity index (χ2n) is 6.51. The topological polar surface area (TPSA) is 74.0 Å². The van der Waals surface area contributed by atoms with E-state index < -0.39 is 5.91 Å². The molecule has 1 amide bonds. The molecule has 2 aromatic carbocycles. The molecule has 4 aromatic rings. The predicted octanol–water partition coefficient (Wildman–Crippen LogP) is 4.97. The molecule has 10 heteroatoms. The molecule has 0 aliphatic carbocycles. The summed E-state index contributed by atoms with van der Waals surface area (Å²) in [5.41, 5.74) is 0.686. The average Bonchev–Trinajstić information content (AvgIpc) is 3.36. The van der Waals surface area contributed by atoms with Crippen LogP contribution in [-0.2, 0) is 13.3 Å². The number of nitrogens with one attached hydrogen (secondary N) is 1. The van der Waals surface area contributed by atoms with Gasteiger partial charge in [-0.1, -0.05) is 41.9 Å². The molecule has 0 bridgehead atoms. The van der Waals surface area contributed by atoms with Gasteiger partial charge in [0.15, 0.2) is 18.2 Å². The van der Waals surface area contributed by atoms with Gasteiger partial charge in [0.1, 0.15) is 11.6 Å². The summed E-state index contributed by atoms with van der Waals surface area (Å²) in [5, 5.41) is 11.7. The largest absolute Gasteiger partial charge is 0.470 e. The third kappa shape index (κ3) is 5.12. The van der Waals surface area contributed by atoms with E-state index in [1.165, 1.54) is 15.4 Å². The monoisotopic (exact) mass is 503 g/mol. The molecule has 1 N–H and O–H groups in total. The van der Waals surface area contributed by atoms with Gasteiger partial charge in [0.05, 0.1) is 16.0 Å². The highest BCUT2D eigenvalue weighted by Crippen LogP contribution is 2.24. The molecule has 158 valence electrons. The van der Waals surface area contributed by atoms with Crippen LogP contribution < -0.4 is 10.1 Å². The number of rotatable bonds is 7. The maximum Gasteiger partial charge on any atom is 0.277 e. The quantitative estimate of drug-likeness (QED) is 0.386. The molecule has 0 atom stereocenters. The molecule has 31 heavy (non-hydrogen) atoms. The van der Waals surface area contributed by atoms with Crippen molar-refractivity contribution < 1.29 is 13.9 Å². The van der Waals surface area contributed by atoms with Gasteiger partial charge in [-0.05, 0) is 40.2 Å². The molecule has 7 nitrogen and oxygen atoms in total. The van der Waals surface area contributed by atoms with Gasteiger partial charge >= 0.3 is 0 Å². The molecular formula is C21H16BrClFN5O2. The maximum atomic E-state index is 13.9. The third-order valence-corrected chi connectivity index (χ3v) is 5.19. The molecule has 0 aliphatic heterocycles. The van der Waals surface area contributed by atoms with E-state index in [2.05, 4.69) is 31.4 Å². The van der Waals surface area contributed by atoms with Crippen LogP contribution in [0.2, 0.25) is 5.02 Å². The lowest BCUT2D eigenvalue weighted by Crippen LogP contribution is -2.15. The Labute approximate surface area is 190 Å². The number of hydrogen-bond acceptors (Lipinski definition) is 4. The van der Waals surface area contributed by atoms with Gasteiger partial charge in [-0.3, -0.25) is 9.48 Å². The summed E-state index contributed by atoms with van der Waals surface area (Å²) in [6, 6.07) is 15.1. The SMILES string of the molecule is O=C(Nc1nn(Cc2ccccc2F)cc1Br)c1ccn(COc2ccccc2Cl)n1. The highest BCUT2D eigenvalue weighted by atomic mass is 79.9. The summed E-state index contributed by atoms with van der Waals surface area (Å²) in [5.74, 6) is 0.0794. The first kappa shape index (κ1) is 21.1. The standard InChI is InChI=1S/C21H16BrClFN5O2/c22-15-12-29(11-14-5-1-3-7-17(14)24)27-20(15)25-21(30)18-9-10-28(26-18)13-31-19-8-4-2-6-16(19)23/h1-10,12H,11,13H2,(H,25,27,30). The lowest BCUT2D eigenvalue weighted by Gasteiger charge is -2.07. The Bertz CT molecular complexity index is 1230. The number of carbonyl (C=O) groups excluding carboxylic acids is 1. The van der Waals surface area contributed by atoms with E-state index in [-0.39, 0.29) is 24.8 Å². The van der Waals surface area contributed by atoms with Crippen LogP contribution in [0.3, 0.4) is 0 Å². The van der Waals surface area contributed by atoms with E-state index in [0.717, 1.165) is 0 Å². The predicted molar refractivity (Wildman–Crippen MR) is 118 cm³/mol. The number of para-hydroxylation sites is 1. The van der Waals surface area contributed by atoms with Crippen molar-refractivity contribution in [1.29, 1.82) is 0 Å². The fraction of sp³-hybridized carbons (Fsp3) is 0.0952. The number of carbonyl (C=O) groups is 1. The highest BCUT2D eigenvalue weighted by Gasteiger charge is 2.15. The van der Waals surface area contributed by atoms with Crippen molar-refractivity contribution >= 4 is 39.3 Å². The Hall–Kier alpha value is -3.17. The molecule has 0 radical (unpaired) electrons. The van der Waals surface area contributed by atoms with Crippen molar-refractivity contribution in [1.82, 2.24) is 19.6 Å². The van der Waals surface area contributed by atoms with Crippen molar-refractivity contribution in [3.05, 3.63) is 93.6 Å². The van der Waals surface area contributed by atoms with Crippen molar-refractivity contribution in [3.8, 4) is 5.75 Å². The van der Waals surface area contributed by atoms with Crippen molar-refractivity contribution in [2.24, 2.45) is 0 Å². The Kier molecular flexibility index (Phi) is 6.34. The number of amides is 1. The van der Waals surface area contributed by atoms with E-state index in [4.69, 9.17) is 16.3 Å². The number of benzene rings is 2. The smallest absolute Gasteiger partial charge is 0.277 e. The van der Waals surface area contributed by atoms with E-state index in [1.54, 1.807) is 54.9 Å². The summed E-state index contributed by atoms with van der Waals surface area (Å²) < 4.78 is 23.0. The number of aromatic nitrogens is 4. The van der Waals surface area contributed by atoms with Crippen LogP contribution in [0.25, 0.3) is 0 Å². The Balaban J connectivity index is 1.39. The van der Waals surface area contributed by atoms with E-state index in [9.17, 15) is 9.18 Å². The van der Waals surface area contributed by atoms with Crippen LogP contribution in [0.5, 0.6) is 5.75 Å². The van der Waals surface area contributed by atoms with Crippen LogP contribution >= 0.6 is 27.5 Å². The first-order valence-corrected chi connectivity index (χ1v) is 10.3. The molecule has 0 spiro atoms. The number of nitrogens with zero attached hydrogens (tertiary/aromatic N) is 4. The van der Waals surface area contributed by atoms with Crippen molar-refractivity contribution in [3.63, 3.8) is 0 Å². The zero-order chi connectivity index (χ0) is 21.8.